The summed E-state index contributed by atoms with van der Waals surface area (Å²) in [5.41, 5.74) is 0. The third-order valence-electron chi connectivity index (χ3n) is 18.7. The van der Waals surface area contributed by atoms with E-state index in [0.717, 1.165) is 173 Å². The molecule has 0 fully saturated rings. The van der Waals surface area contributed by atoms with E-state index in [2.05, 4.69) is 179 Å². The molecule has 0 aliphatic heterocycles. The Balaban J connectivity index is 4.45. The number of aliphatic hydroxyl groups is 2. The molecule has 0 saturated carbocycles. The largest absolute Gasteiger partial charge is 0.472 e. The summed E-state index contributed by atoms with van der Waals surface area (Å²) in [5.74, 6) is -1.60. The van der Waals surface area contributed by atoms with Crippen LogP contribution in [0.2, 0.25) is 0 Å². The van der Waals surface area contributed by atoms with Crippen molar-refractivity contribution < 1.29 is 75.8 Å². The molecule has 0 aromatic carbocycles. The summed E-state index contributed by atoms with van der Waals surface area (Å²) in [5, 5.41) is 20.7. The first-order valence-corrected chi connectivity index (χ1v) is 47.8. The van der Waals surface area contributed by atoms with Gasteiger partial charge in [0.15, 0.2) is 6.10 Å². The molecule has 0 rings (SSSR count). The lowest BCUT2D eigenvalue weighted by Crippen LogP contribution is -2.30. The smallest absolute Gasteiger partial charge is 0.463 e. The molecule has 16 nitrogen and oxygen atoms in total. The molecule has 5 unspecified atom stereocenters. The first-order valence-electron chi connectivity index (χ1n) is 44.8. The number of carbonyl (C=O) groups excluding carboxylic acids is 3. The molecule has 18 heteroatoms. The van der Waals surface area contributed by atoms with Gasteiger partial charge in [0, 0.05) is 19.3 Å². The second-order valence-electron chi connectivity index (χ2n) is 29.6. The van der Waals surface area contributed by atoms with Crippen LogP contribution in [0, 0.1) is 0 Å². The number of ether oxygens (including phenoxy) is 3. The Labute approximate surface area is 689 Å². The third kappa shape index (κ3) is 87.8. The Morgan fingerprint density at radius 1 is 0.257 bits per heavy atom. The zero-order chi connectivity index (χ0) is 82.2. The fourth-order valence-electron chi connectivity index (χ4n) is 12.0. The van der Waals surface area contributed by atoms with Crippen LogP contribution in [0.3, 0.4) is 0 Å². The summed E-state index contributed by atoms with van der Waals surface area (Å²) >= 11 is 0. The third-order valence-corrected chi connectivity index (χ3v) is 20.6. The fraction of sp³-hybridized carbons (Fsp3) is 0.695. The van der Waals surface area contributed by atoms with E-state index >= 15 is 0 Å². The average molecular weight is 1620 g/mol. The van der Waals surface area contributed by atoms with Gasteiger partial charge in [0.05, 0.1) is 26.4 Å². The molecule has 0 heterocycles. The van der Waals surface area contributed by atoms with Crippen molar-refractivity contribution >= 4 is 33.6 Å². The minimum absolute atomic E-state index is 0.0792. The van der Waals surface area contributed by atoms with E-state index in [9.17, 15) is 43.5 Å². The van der Waals surface area contributed by atoms with Crippen LogP contribution in [-0.4, -0.2) is 95.9 Å². The molecule has 0 aliphatic rings. The molecular formula is C95H162O16P2. The summed E-state index contributed by atoms with van der Waals surface area (Å²) in [6.07, 6.45) is 110. The Hall–Kier alpha value is -4.83. The fourth-order valence-corrected chi connectivity index (χ4v) is 13.6. The van der Waals surface area contributed by atoms with E-state index < -0.39 is 91.5 Å². The quantitative estimate of drug-likeness (QED) is 0.0146. The number of allylic oxidation sites excluding steroid dienone is 26. The number of unbranched alkanes of at least 4 members (excludes halogenated alkanes) is 35. The van der Waals surface area contributed by atoms with Gasteiger partial charge in [-0.05, 0) is 148 Å². The Morgan fingerprint density at radius 3 is 0.743 bits per heavy atom. The summed E-state index contributed by atoms with van der Waals surface area (Å²) in [6.45, 7) is 2.43. The van der Waals surface area contributed by atoms with Crippen molar-refractivity contribution in [3.63, 3.8) is 0 Å². The first kappa shape index (κ1) is 108. The summed E-state index contributed by atoms with van der Waals surface area (Å²) in [6, 6.07) is 0. The Morgan fingerprint density at radius 2 is 0.469 bits per heavy atom. The van der Waals surface area contributed by atoms with E-state index in [4.69, 9.17) is 32.3 Å². The van der Waals surface area contributed by atoms with Crippen LogP contribution in [0.15, 0.2) is 158 Å². The van der Waals surface area contributed by atoms with Gasteiger partial charge in [-0.15, -0.1) is 0 Å². The van der Waals surface area contributed by atoms with Gasteiger partial charge in [-0.3, -0.25) is 32.5 Å². The Kier molecular flexibility index (Phi) is 82.8. The van der Waals surface area contributed by atoms with Gasteiger partial charge >= 0.3 is 33.6 Å². The molecule has 4 N–H and O–H groups in total. The van der Waals surface area contributed by atoms with Gasteiger partial charge in [0.2, 0.25) is 0 Å². The topological polar surface area (TPSA) is 231 Å². The monoisotopic (exact) mass is 1620 g/mol. The van der Waals surface area contributed by atoms with Crippen molar-refractivity contribution in [1.82, 2.24) is 0 Å². The van der Waals surface area contributed by atoms with Crippen molar-refractivity contribution in [1.29, 1.82) is 0 Å². The SMILES string of the molecule is CC/C=C\C/C=C\C/C=C\C/C=C\C/C=C\C/C=C\CCCCCCCCCCC(=O)OCC(COP(=O)(O)OCC(O)COP(=O)(O)OCC(O)COC(=O)CCCCCCCCCCCCCCCCCCCCC/C=C\C/C=C\C/C=C\C/C=C\CCCCC)OC(=O)CCCCCCC/C=C\C/C=C\C/C=C\CC. The number of carbonyl (C=O) groups is 3. The molecule has 0 bridgehead atoms. The molecule has 113 heavy (non-hydrogen) atoms. The van der Waals surface area contributed by atoms with Crippen LogP contribution in [0.1, 0.15) is 367 Å². The van der Waals surface area contributed by atoms with E-state index in [-0.39, 0.29) is 19.3 Å². The molecule has 0 spiro atoms. The minimum Gasteiger partial charge on any atom is -0.463 e. The highest BCUT2D eigenvalue weighted by atomic mass is 31.2. The van der Waals surface area contributed by atoms with Gasteiger partial charge in [-0.2, -0.15) is 0 Å². The van der Waals surface area contributed by atoms with Gasteiger partial charge in [-0.25, -0.2) is 9.13 Å². The maximum atomic E-state index is 13.0. The highest BCUT2D eigenvalue weighted by Crippen LogP contribution is 2.45. The first-order chi connectivity index (χ1) is 55.2. The lowest BCUT2D eigenvalue weighted by atomic mass is 10.0. The molecule has 0 radical (unpaired) electrons. The predicted octanol–water partition coefficient (Wildman–Crippen LogP) is 27.3. The number of phosphoric acid groups is 2. The standard InChI is InChI=1S/C95H162O16P2/c1-4-7-10-13-16-19-22-25-28-30-32-34-36-38-40-41-42-43-44-45-46-47-49-51-52-54-56-58-61-63-66-69-72-75-78-81-93(98)105-84-90(96)85-107-112(101,102)108-86-91(97)87-109-113(103,104)110-89-92(111-95(100)83-80-77-74-71-68-65-60-27-24-21-18-15-12-9-6-3)88-106-94(99)82-79-76-73-70-67-64-62-59-57-55-53-50-48-39-37-35-33-31-29-26-23-20-17-14-11-8-5-2/h8-9,11-12,16-21,25-29,32-35,38-40,48,53,55,60,90-92,96-97H,4-7,10,13-15,22-24,30-31,36-37,41-47,49-52,54,56-59,61-89H2,1-3H3,(H,101,102)(H,103,104)/b11-8-,12-9-,19-16-,20-17-,21-18-,28-25-,29-26-,34-32-,35-33-,40-38-,48-39-,55-53-,60-27-. The van der Waals surface area contributed by atoms with Crippen molar-refractivity contribution in [2.24, 2.45) is 0 Å². The average Bonchev–Trinajstić information content (AvgIpc) is 0.864. The highest BCUT2D eigenvalue weighted by Gasteiger charge is 2.29. The molecule has 0 aromatic heterocycles. The van der Waals surface area contributed by atoms with Gasteiger partial charge in [0.1, 0.15) is 25.4 Å². The lowest BCUT2D eigenvalue weighted by molar-refractivity contribution is -0.161. The number of phosphoric ester groups is 2. The van der Waals surface area contributed by atoms with Crippen LogP contribution >= 0.6 is 15.6 Å². The number of hydrogen-bond donors (Lipinski definition) is 4. The van der Waals surface area contributed by atoms with Crippen molar-refractivity contribution in [2.75, 3.05) is 39.6 Å². The molecule has 0 saturated heterocycles. The normalized spacial score (nSPS) is 14.6. The van der Waals surface area contributed by atoms with Crippen molar-refractivity contribution in [3.05, 3.63) is 158 Å². The number of rotatable bonds is 84. The second-order valence-corrected chi connectivity index (χ2v) is 32.5. The predicted molar refractivity (Wildman–Crippen MR) is 472 cm³/mol. The molecule has 5 atom stereocenters. The van der Waals surface area contributed by atoms with Gasteiger partial charge in [-0.1, -0.05) is 359 Å². The summed E-state index contributed by atoms with van der Waals surface area (Å²) < 4.78 is 61.3. The van der Waals surface area contributed by atoms with Crippen molar-refractivity contribution in [3.8, 4) is 0 Å². The molecule has 0 amide bonds. The molecule has 0 aliphatic carbocycles. The highest BCUT2D eigenvalue weighted by molar-refractivity contribution is 7.47. The zero-order valence-corrected chi connectivity index (χ0v) is 73.0. The van der Waals surface area contributed by atoms with Crippen LogP contribution < -0.4 is 0 Å². The van der Waals surface area contributed by atoms with Crippen LogP contribution in [0.25, 0.3) is 0 Å². The minimum atomic E-state index is -4.95. The molecular weight excluding hydrogens is 1460 g/mol. The molecule has 648 valence electrons. The van der Waals surface area contributed by atoms with Crippen LogP contribution in [0.5, 0.6) is 0 Å². The van der Waals surface area contributed by atoms with Gasteiger partial charge in [0.25, 0.3) is 0 Å². The summed E-state index contributed by atoms with van der Waals surface area (Å²) in [4.78, 5) is 58.8. The second kappa shape index (κ2) is 86.5. The van der Waals surface area contributed by atoms with E-state index in [0.29, 0.717) is 19.3 Å². The lowest BCUT2D eigenvalue weighted by Gasteiger charge is -2.21. The van der Waals surface area contributed by atoms with Gasteiger partial charge < -0.3 is 34.2 Å². The summed E-state index contributed by atoms with van der Waals surface area (Å²) in [7, 11) is -9.81. The van der Waals surface area contributed by atoms with Crippen LogP contribution in [0.4, 0.5) is 0 Å². The van der Waals surface area contributed by atoms with Crippen molar-refractivity contribution in [2.45, 2.75) is 386 Å². The maximum Gasteiger partial charge on any atom is 0.472 e. The Bertz CT molecular complexity index is 2680. The van der Waals surface area contributed by atoms with E-state index in [1.807, 2.05) is 0 Å². The molecule has 0 aromatic rings. The number of hydrogen-bond acceptors (Lipinski definition) is 14. The van der Waals surface area contributed by atoms with E-state index in [1.165, 1.54) is 135 Å². The zero-order valence-electron chi connectivity index (χ0n) is 71.3. The number of esters is 3. The van der Waals surface area contributed by atoms with E-state index in [1.54, 1.807) is 0 Å². The maximum absolute atomic E-state index is 13.0. The van der Waals surface area contributed by atoms with Crippen LogP contribution in [-0.2, 0) is 55.8 Å². The number of aliphatic hydroxyl groups excluding tert-OH is 2.